The molecule has 0 saturated carbocycles. The molecule has 1 aromatic carbocycles. The summed E-state index contributed by atoms with van der Waals surface area (Å²) in [5, 5.41) is 10.3. The van der Waals surface area contributed by atoms with Gasteiger partial charge in [-0.05, 0) is 26.0 Å². The van der Waals surface area contributed by atoms with Gasteiger partial charge in [0.2, 0.25) is 0 Å². The Kier molecular flexibility index (Phi) is 3.29. The number of aliphatic hydroxyl groups is 1. The third kappa shape index (κ3) is 2.14. The van der Waals surface area contributed by atoms with Crippen molar-refractivity contribution in [2.24, 2.45) is 11.7 Å². The highest BCUT2D eigenvalue weighted by molar-refractivity contribution is 5.26. The van der Waals surface area contributed by atoms with Crippen molar-refractivity contribution in [3.05, 3.63) is 35.4 Å². The third-order valence-corrected chi connectivity index (χ3v) is 2.95. The number of hydrogen-bond donors (Lipinski definition) is 2. The molecule has 78 valence electrons. The minimum absolute atomic E-state index is 0.0604. The van der Waals surface area contributed by atoms with E-state index in [1.54, 1.807) is 0 Å². The molecule has 0 heterocycles. The van der Waals surface area contributed by atoms with Gasteiger partial charge in [-0.25, -0.2) is 0 Å². The topological polar surface area (TPSA) is 46.2 Å². The molecule has 1 rings (SSSR count). The van der Waals surface area contributed by atoms with Crippen molar-refractivity contribution in [3.63, 3.8) is 0 Å². The van der Waals surface area contributed by atoms with Gasteiger partial charge in [0.05, 0.1) is 5.60 Å². The molecule has 0 radical (unpaired) electrons. The van der Waals surface area contributed by atoms with Crippen LogP contribution in [0, 0.1) is 12.8 Å². The fourth-order valence-electron chi connectivity index (χ4n) is 1.40. The van der Waals surface area contributed by atoms with Crippen LogP contribution in [-0.2, 0) is 5.60 Å². The Bertz CT molecular complexity index is 290. The van der Waals surface area contributed by atoms with Crippen LogP contribution in [0.3, 0.4) is 0 Å². The van der Waals surface area contributed by atoms with E-state index in [-0.39, 0.29) is 5.92 Å². The van der Waals surface area contributed by atoms with Crippen LogP contribution in [0.1, 0.15) is 25.0 Å². The molecule has 0 spiro atoms. The molecule has 0 aromatic heterocycles. The second-order valence-corrected chi connectivity index (χ2v) is 4.15. The minimum atomic E-state index is -0.831. The van der Waals surface area contributed by atoms with E-state index in [4.69, 9.17) is 5.73 Å². The first kappa shape index (κ1) is 11.2. The molecule has 3 N–H and O–H groups in total. The van der Waals surface area contributed by atoms with Crippen molar-refractivity contribution in [2.45, 2.75) is 26.4 Å². The smallest absolute Gasteiger partial charge is 0.0905 e. The molecule has 0 aliphatic carbocycles. The SMILES string of the molecule is Cc1ccc(C(C)(O)C(C)CN)cc1. The van der Waals surface area contributed by atoms with Crippen LogP contribution in [0.4, 0.5) is 0 Å². The first-order valence-electron chi connectivity index (χ1n) is 4.98. The molecule has 14 heavy (non-hydrogen) atoms. The van der Waals surface area contributed by atoms with Gasteiger partial charge < -0.3 is 10.8 Å². The maximum absolute atomic E-state index is 10.3. The largest absolute Gasteiger partial charge is 0.385 e. The fourth-order valence-corrected chi connectivity index (χ4v) is 1.40. The third-order valence-electron chi connectivity index (χ3n) is 2.95. The zero-order valence-electron chi connectivity index (χ0n) is 9.12. The van der Waals surface area contributed by atoms with E-state index in [1.165, 1.54) is 5.56 Å². The second-order valence-electron chi connectivity index (χ2n) is 4.15. The quantitative estimate of drug-likeness (QED) is 0.769. The van der Waals surface area contributed by atoms with E-state index in [2.05, 4.69) is 0 Å². The lowest BCUT2D eigenvalue weighted by molar-refractivity contribution is 0.00519. The molecule has 0 bridgehead atoms. The maximum Gasteiger partial charge on any atom is 0.0905 e. The Morgan fingerprint density at radius 1 is 1.36 bits per heavy atom. The molecule has 2 nitrogen and oxygen atoms in total. The number of nitrogens with two attached hydrogens (primary N) is 1. The zero-order valence-corrected chi connectivity index (χ0v) is 9.12. The van der Waals surface area contributed by atoms with Gasteiger partial charge in [0, 0.05) is 5.92 Å². The highest BCUT2D eigenvalue weighted by atomic mass is 16.3. The Labute approximate surface area is 85.8 Å². The summed E-state index contributed by atoms with van der Waals surface area (Å²) < 4.78 is 0. The lowest BCUT2D eigenvalue weighted by atomic mass is 9.84. The lowest BCUT2D eigenvalue weighted by Crippen LogP contribution is -2.34. The first-order chi connectivity index (χ1) is 6.48. The molecule has 2 unspecified atom stereocenters. The number of aryl methyl sites for hydroxylation is 1. The molecular weight excluding hydrogens is 174 g/mol. The minimum Gasteiger partial charge on any atom is -0.385 e. The zero-order chi connectivity index (χ0) is 10.8. The molecule has 0 aliphatic heterocycles. The number of rotatable bonds is 3. The number of hydrogen-bond acceptors (Lipinski definition) is 2. The van der Waals surface area contributed by atoms with Gasteiger partial charge in [-0.1, -0.05) is 36.8 Å². The molecule has 2 heteroatoms. The average molecular weight is 193 g/mol. The van der Waals surface area contributed by atoms with Crippen LogP contribution < -0.4 is 5.73 Å². The van der Waals surface area contributed by atoms with Crippen LogP contribution >= 0.6 is 0 Å². The van der Waals surface area contributed by atoms with E-state index in [0.29, 0.717) is 6.54 Å². The summed E-state index contributed by atoms with van der Waals surface area (Å²) in [6.07, 6.45) is 0. The molecule has 1 aromatic rings. The van der Waals surface area contributed by atoms with E-state index in [1.807, 2.05) is 45.0 Å². The predicted molar refractivity (Wildman–Crippen MR) is 59.0 cm³/mol. The highest BCUT2D eigenvalue weighted by Gasteiger charge is 2.28. The summed E-state index contributed by atoms with van der Waals surface area (Å²) in [5.41, 5.74) is 6.87. The highest BCUT2D eigenvalue weighted by Crippen LogP contribution is 2.28. The Morgan fingerprint density at radius 2 is 1.86 bits per heavy atom. The van der Waals surface area contributed by atoms with Crippen molar-refractivity contribution in [1.82, 2.24) is 0 Å². The fraction of sp³-hybridized carbons (Fsp3) is 0.500. The maximum atomic E-state index is 10.3. The van der Waals surface area contributed by atoms with E-state index < -0.39 is 5.60 Å². The summed E-state index contributed by atoms with van der Waals surface area (Å²) >= 11 is 0. The van der Waals surface area contributed by atoms with Crippen LogP contribution in [0.2, 0.25) is 0 Å². The summed E-state index contributed by atoms with van der Waals surface area (Å²) in [5.74, 6) is 0.0604. The first-order valence-corrected chi connectivity index (χ1v) is 4.98. The molecule has 2 atom stereocenters. The van der Waals surface area contributed by atoms with Crippen molar-refractivity contribution < 1.29 is 5.11 Å². The molecule has 0 fully saturated rings. The van der Waals surface area contributed by atoms with Gasteiger partial charge in [0.25, 0.3) is 0 Å². The summed E-state index contributed by atoms with van der Waals surface area (Å²) in [6.45, 7) is 6.29. The van der Waals surface area contributed by atoms with Gasteiger partial charge >= 0.3 is 0 Å². The average Bonchev–Trinajstić information content (AvgIpc) is 2.17. The van der Waals surface area contributed by atoms with E-state index in [0.717, 1.165) is 5.56 Å². The predicted octanol–water partition coefficient (Wildman–Crippen LogP) is 1.80. The Morgan fingerprint density at radius 3 is 2.29 bits per heavy atom. The Balaban J connectivity index is 2.97. The normalized spacial score (nSPS) is 17.5. The van der Waals surface area contributed by atoms with Crippen LogP contribution in [0.25, 0.3) is 0 Å². The lowest BCUT2D eigenvalue weighted by Gasteiger charge is -2.30. The van der Waals surface area contributed by atoms with E-state index >= 15 is 0 Å². The van der Waals surface area contributed by atoms with Gasteiger partial charge in [0.1, 0.15) is 0 Å². The van der Waals surface area contributed by atoms with Crippen LogP contribution in [0.15, 0.2) is 24.3 Å². The molecular formula is C12H19NO. The monoisotopic (exact) mass is 193 g/mol. The summed E-state index contributed by atoms with van der Waals surface area (Å²) in [6, 6.07) is 7.93. The van der Waals surface area contributed by atoms with Crippen molar-refractivity contribution in [3.8, 4) is 0 Å². The van der Waals surface area contributed by atoms with Crippen LogP contribution in [0.5, 0.6) is 0 Å². The number of benzene rings is 1. The van der Waals surface area contributed by atoms with Crippen molar-refractivity contribution in [2.75, 3.05) is 6.54 Å². The van der Waals surface area contributed by atoms with Crippen molar-refractivity contribution >= 4 is 0 Å². The van der Waals surface area contributed by atoms with Gasteiger partial charge in [-0.3, -0.25) is 0 Å². The molecule has 0 saturated heterocycles. The van der Waals surface area contributed by atoms with Crippen molar-refractivity contribution in [1.29, 1.82) is 0 Å². The molecule has 0 aliphatic rings. The van der Waals surface area contributed by atoms with Gasteiger partial charge in [-0.15, -0.1) is 0 Å². The van der Waals surface area contributed by atoms with Crippen LogP contribution in [-0.4, -0.2) is 11.7 Å². The summed E-state index contributed by atoms with van der Waals surface area (Å²) in [4.78, 5) is 0. The second kappa shape index (κ2) is 4.11. The van der Waals surface area contributed by atoms with E-state index in [9.17, 15) is 5.11 Å². The Hall–Kier alpha value is -0.860. The van der Waals surface area contributed by atoms with Gasteiger partial charge in [-0.2, -0.15) is 0 Å². The summed E-state index contributed by atoms with van der Waals surface area (Å²) in [7, 11) is 0. The standard InChI is InChI=1S/C12H19NO/c1-9-4-6-11(7-5-9)12(3,14)10(2)8-13/h4-7,10,14H,8,13H2,1-3H3. The van der Waals surface area contributed by atoms with Gasteiger partial charge in [0.15, 0.2) is 0 Å². The molecule has 0 amide bonds.